The summed E-state index contributed by atoms with van der Waals surface area (Å²) in [6.45, 7) is 0.393. The van der Waals surface area contributed by atoms with E-state index in [0.29, 0.717) is 19.4 Å². The molecule has 0 aromatic carbocycles. The number of sulfone groups is 1. The molecule has 1 heterocycles. The maximum Gasteiger partial charge on any atom is 0.227 e. The molecular formula is C13H24N2O3S. The number of nitrogens with one attached hydrogen (secondary N) is 1. The lowest BCUT2D eigenvalue weighted by Gasteiger charge is -2.36. The van der Waals surface area contributed by atoms with Gasteiger partial charge in [-0.1, -0.05) is 19.3 Å². The lowest BCUT2D eigenvalue weighted by Crippen LogP contribution is -2.51. The highest BCUT2D eigenvalue weighted by atomic mass is 32.2. The van der Waals surface area contributed by atoms with E-state index in [9.17, 15) is 13.2 Å². The molecule has 0 bridgehead atoms. The summed E-state index contributed by atoms with van der Waals surface area (Å²) >= 11 is 0. The molecule has 0 spiro atoms. The number of rotatable bonds is 3. The standard InChI is InChI=1S/C13H24N2O3S/c14-10-13(6-2-1-3-7-13)12(16)15-11-4-8-19(17,18)9-5-11/h11H,1-10,14H2,(H,15,16). The molecule has 0 aromatic rings. The Morgan fingerprint density at radius 3 is 2.26 bits per heavy atom. The summed E-state index contributed by atoms with van der Waals surface area (Å²) in [5.74, 6) is 0.417. The van der Waals surface area contributed by atoms with Crippen molar-refractivity contribution in [1.82, 2.24) is 5.32 Å². The smallest absolute Gasteiger partial charge is 0.227 e. The van der Waals surface area contributed by atoms with Crippen LogP contribution in [0.4, 0.5) is 0 Å². The first kappa shape index (κ1) is 14.8. The third kappa shape index (κ3) is 3.48. The number of nitrogens with two attached hydrogens (primary N) is 1. The summed E-state index contributed by atoms with van der Waals surface area (Å²) in [5.41, 5.74) is 5.42. The van der Waals surface area contributed by atoms with Gasteiger partial charge in [0.05, 0.1) is 16.9 Å². The number of hydrogen-bond acceptors (Lipinski definition) is 4. The van der Waals surface area contributed by atoms with Crippen LogP contribution < -0.4 is 11.1 Å². The Bertz CT molecular complexity index is 413. The highest BCUT2D eigenvalue weighted by Gasteiger charge is 2.39. The second kappa shape index (κ2) is 5.79. The maximum absolute atomic E-state index is 12.4. The van der Waals surface area contributed by atoms with Crippen molar-refractivity contribution in [3.8, 4) is 0 Å². The van der Waals surface area contributed by atoms with Crippen molar-refractivity contribution in [2.75, 3.05) is 18.1 Å². The highest BCUT2D eigenvalue weighted by molar-refractivity contribution is 7.91. The lowest BCUT2D eigenvalue weighted by molar-refractivity contribution is -0.133. The van der Waals surface area contributed by atoms with E-state index in [4.69, 9.17) is 5.73 Å². The van der Waals surface area contributed by atoms with E-state index in [1.165, 1.54) is 6.42 Å². The molecule has 1 amide bonds. The molecule has 2 rings (SSSR count). The zero-order chi connectivity index (χ0) is 13.9. The predicted octanol–water partition coefficient (Wildman–Crippen LogP) is 0.589. The van der Waals surface area contributed by atoms with Gasteiger partial charge in [-0.15, -0.1) is 0 Å². The minimum atomic E-state index is -2.87. The van der Waals surface area contributed by atoms with Crippen LogP contribution in [0.3, 0.4) is 0 Å². The van der Waals surface area contributed by atoms with Crippen molar-refractivity contribution < 1.29 is 13.2 Å². The van der Waals surface area contributed by atoms with Crippen LogP contribution in [0.15, 0.2) is 0 Å². The number of hydrogen-bond donors (Lipinski definition) is 2. The second-order valence-electron chi connectivity index (χ2n) is 5.94. The fraction of sp³-hybridized carbons (Fsp3) is 0.923. The van der Waals surface area contributed by atoms with Gasteiger partial charge in [-0.3, -0.25) is 4.79 Å². The molecular weight excluding hydrogens is 264 g/mol. The van der Waals surface area contributed by atoms with Crippen LogP contribution in [-0.2, 0) is 14.6 Å². The van der Waals surface area contributed by atoms with Crippen molar-refractivity contribution in [2.24, 2.45) is 11.1 Å². The van der Waals surface area contributed by atoms with Gasteiger partial charge in [0.2, 0.25) is 5.91 Å². The fourth-order valence-electron chi connectivity index (χ4n) is 3.13. The highest BCUT2D eigenvalue weighted by Crippen LogP contribution is 2.35. The van der Waals surface area contributed by atoms with Crippen LogP contribution in [0.2, 0.25) is 0 Å². The predicted molar refractivity (Wildman–Crippen MR) is 74.4 cm³/mol. The van der Waals surface area contributed by atoms with E-state index in [0.717, 1.165) is 25.7 Å². The van der Waals surface area contributed by atoms with Crippen molar-refractivity contribution in [3.63, 3.8) is 0 Å². The van der Waals surface area contributed by atoms with Gasteiger partial charge >= 0.3 is 0 Å². The maximum atomic E-state index is 12.4. The molecule has 1 aliphatic carbocycles. The second-order valence-corrected chi connectivity index (χ2v) is 8.25. The zero-order valence-corrected chi connectivity index (χ0v) is 12.2. The Labute approximate surface area is 115 Å². The normalized spacial score (nSPS) is 26.8. The molecule has 0 unspecified atom stereocenters. The Morgan fingerprint density at radius 1 is 1.16 bits per heavy atom. The Morgan fingerprint density at radius 2 is 1.74 bits per heavy atom. The fourth-order valence-corrected chi connectivity index (χ4v) is 4.62. The van der Waals surface area contributed by atoms with Crippen LogP contribution in [0, 0.1) is 5.41 Å². The average molecular weight is 288 g/mol. The summed E-state index contributed by atoms with van der Waals surface area (Å²) < 4.78 is 22.7. The molecule has 2 aliphatic rings. The van der Waals surface area contributed by atoms with Crippen molar-refractivity contribution in [3.05, 3.63) is 0 Å². The monoisotopic (exact) mass is 288 g/mol. The molecule has 19 heavy (non-hydrogen) atoms. The molecule has 1 aliphatic heterocycles. The Balaban J connectivity index is 1.93. The van der Waals surface area contributed by atoms with E-state index < -0.39 is 15.3 Å². The summed E-state index contributed by atoms with van der Waals surface area (Å²) in [6.07, 6.45) is 6.09. The van der Waals surface area contributed by atoms with E-state index in [1.807, 2.05) is 0 Å². The third-order valence-corrected chi connectivity index (χ3v) is 6.29. The quantitative estimate of drug-likeness (QED) is 0.795. The third-order valence-electron chi connectivity index (χ3n) is 4.57. The number of amides is 1. The first-order valence-electron chi connectivity index (χ1n) is 7.19. The Hall–Kier alpha value is -0.620. The van der Waals surface area contributed by atoms with Gasteiger partial charge in [-0.25, -0.2) is 8.42 Å². The lowest BCUT2D eigenvalue weighted by atomic mass is 9.73. The van der Waals surface area contributed by atoms with Gasteiger partial charge in [-0.2, -0.15) is 0 Å². The SMILES string of the molecule is NCC1(C(=O)NC2CCS(=O)(=O)CC2)CCCCC1. The van der Waals surface area contributed by atoms with Crippen LogP contribution >= 0.6 is 0 Å². The van der Waals surface area contributed by atoms with Crippen molar-refractivity contribution >= 4 is 15.7 Å². The van der Waals surface area contributed by atoms with Gasteiger partial charge in [0.25, 0.3) is 0 Å². The number of carbonyl (C=O) groups excluding carboxylic acids is 1. The van der Waals surface area contributed by atoms with Gasteiger partial charge in [0, 0.05) is 12.6 Å². The molecule has 6 heteroatoms. The van der Waals surface area contributed by atoms with E-state index in [2.05, 4.69) is 5.32 Å². The first-order valence-corrected chi connectivity index (χ1v) is 9.01. The van der Waals surface area contributed by atoms with Gasteiger partial charge in [0.15, 0.2) is 0 Å². The minimum Gasteiger partial charge on any atom is -0.353 e. The van der Waals surface area contributed by atoms with Crippen LogP contribution in [0.25, 0.3) is 0 Å². The summed E-state index contributed by atoms with van der Waals surface area (Å²) in [7, 11) is -2.87. The van der Waals surface area contributed by atoms with Gasteiger partial charge in [-0.05, 0) is 25.7 Å². The average Bonchev–Trinajstić information content (AvgIpc) is 2.42. The largest absolute Gasteiger partial charge is 0.353 e. The molecule has 5 nitrogen and oxygen atoms in total. The molecule has 0 atom stereocenters. The summed E-state index contributed by atoms with van der Waals surface area (Å²) in [4.78, 5) is 12.4. The van der Waals surface area contributed by atoms with Gasteiger partial charge in [0.1, 0.15) is 9.84 Å². The van der Waals surface area contributed by atoms with E-state index >= 15 is 0 Å². The molecule has 1 saturated heterocycles. The summed E-state index contributed by atoms with van der Waals surface area (Å²) in [6, 6.07) is 0.00127. The molecule has 3 N–H and O–H groups in total. The Kier molecular flexibility index (Phi) is 4.50. The first-order chi connectivity index (χ1) is 8.97. The van der Waals surface area contributed by atoms with Crippen LogP contribution in [0.5, 0.6) is 0 Å². The van der Waals surface area contributed by atoms with Crippen LogP contribution in [-0.4, -0.2) is 38.4 Å². The molecule has 0 aromatic heterocycles. The molecule has 2 fully saturated rings. The molecule has 1 saturated carbocycles. The van der Waals surface area contributed by atoms with Crippen molar-refractivity contribution in [1.29, 1.82) is 0 Å². The molecule has 0 radical (unpaired) electrons. The van der Waals surface area contributed by atoms with Crippen molar-refractivity contribution in [2.45, 2.75) is 51.0 Å². The van der Waals surface area contributed by atoms with Crippen LogP contribution in [0.1, 0.15) is 44.9 Å². The molecule has 110 valence electrons. The summed E-state index contributed by atoms with van der Waals surface area (Å²) in [5, 5.41) is 3.03. The van der Waals surface area contributed by atoms with E-state index in [-0.39, 0.29) is 23.5 Å². The number of carbonyl (C=O) groups is 1. The topological polar surface area (TPSA) is 89.3 Å². The minimum absolute atomic E-state index is 0.00127. The zero-order valence-electron chi connectivity index (χ0n) is 11.4. The van der Waals surface area contributed by atoms with Gasteiger partial charge < -0.3 is 11.1 Å². The van der Waals surface area contributed by atoms with E-state index in [1.54, 1.807) is 0 Å².